The molecule has 0 radical (unpaired) electrons. The molecule has 0 aliphatic carbocycles. The Morgan fingerprint density at radius 1 is 1.32 bits per heavy atom. The second-order valence-corrected chi connectivity index (χ2v) is 7.37. The number of hydrogen-bond donors (Lipinski definition) is 1. The maximum Gasteiger partial charge on any atom is 0.173 e. The van der Waals surface area contributed by atoms with Gasteiger partial charge in [-0.2, -0.15) is 0 Å². The molecule has 0 aromatic heterocycles. The molecule has 1 aromatic carbocycles. The summed E-state index contributed by atoms with van der Waals surface area (Å²) in [5, 5.41) is 4.31. The van der Waals surface area contributed by atoms with Gasteiger partial charge in [-0.25, -0.2) is 0 Å². The Hall–Kier alpha value is -1.17. The zero-order valence-corrected chi connectivity index (χ0v) is 16.9. The minimum Gasteiger partial charge on any atom is -0.383 e. The van der Waals surface area contributed by atoms with E-state index in [2.05, 4.69) is 60.2 Å². The predicted molar refractivity (Wildman–Crippen MR) is 110 cm³/mol. The van der Waals surface area contributed by atoms with Crippen LogP contribution in [0.3, 0.4) is 0 Å². The van der Waals surface area contributed by atoms with E-state index in [-0.39, 0.29) is 0 Å². The number of likely N-dealkylation sites (tertiary alicyclic amines) is 1. The van der Waals surface area contributed by atoms with E-state index in [1.165, 1.54) is 5.56 Å². The molecular weight excluding hydrogens is 330 g/mol. The minimum atomic E-state index is 0.485. The van der Waals surface area contributed by atoms with Gasteiger partial charge in [-0.1, -0.05) is 25.1 Å². The van der Waals surface area contributed by atoms with Crippen LogP contribution in [0.1, 0.15) is 39.2 Å². The molecule has 2 rings (SSSR count). The molecule has 0 unspecified atom stereocenters. The highest BCUT2D eigenvalue weighted by atomic mass is 32.1. The number of nitrogens with zero attached hydrogens (tertiary/aromatic N) is 2. The van der Waals surface area contributed by atoms with Crippen molar-refractivity contribution in [3.05, 3.63) is 29.8 Å². The molecule has 0 bridgehead atoms. The smallest absolute Gasteiger partial charge is 0.173 e. The number of para-hydroxylation sites is 1. The molecule has 0 atom stereocenters. The summed E-state index contributed by atoms with van der Waals surface area (Å²) in [4.78, 5) is 4.89. The Morgan fingerprint density at radius 2 is 2.00 bits per heavy atom. The minimum absolute atomic E-state index is 0.485. The molecule has 0 spiro atoms. The lowest BCUT2D eigenvalue weighted by Crippen LogP contribution is -2.50. The normalized spacial score (nSPS) is 16.2. The lowest BCUT2D eigenvalue weighted by molar-refractivity contribution is 0.108. The first-order valence-electron chi connectivity index (χ1n) is 9.45. The summed E-state index contributed by atoms with van der Waals surface area (Å²) in [7, 11) is 1.75. The SMILES string of the molecule is CCc1ccccc1NC(=S)N(CCOC)C1CCN(C(C)C)CC1. The van der Waals surface area contributed by atoms with Crippen molar-refractivity contribution in [2.75, 3.05) is 38.7 Å². The second kappa shape index (κ2) is 10.1. The Balaban J connectivity index is 2.04. The van der Waals surface area contributed by atoms with E-state index in [0.717, 1.165) is 49.7 Å². The van der Waals surface area contributed by atoms with Crippen LogP contribution >= 0.6 is 12.2 Å². The summed E-state index contributed by atoms with van der Waals surface area (Å²) in [5.74, 6) is 0. The van der Waals surface area contributed by atoms with Crippen LogP contribution in [0.15, 0.2) is 24.3 Å². The summed E-state index contributed by atoms with van der Waals surface area (Å²) < 4.78 is 5.33. The molecule has 25 heavy (non-hydrogen) atoms. The average molecular weight is 364 g/mol. The summed E-state index contributed by atoms with van der Waals surface area (Å²) in [6, 6.07) is 9.52. The van der Waals surface area contributed by atoms with Crippen LogP contribution in [-0.2, 0) is 11.2 Å². The third kappa shape index (κ3) is 5.66. The number of piperidine rings is 1. The zero-order chi connectivity index (χ0) is 18.2. The number of benzene rings is 1. The first kappa shape index (κ1) is 20.1. The number of thiocarbonyl (C=S) groups is 1. The maximum atomic E-state index is 5.79. The first-order chi connectivity index (χ1) is 12.1. The second-order valence-electron chi connectivity index (χ2n) is 6.99. The molecule has 1 aliphatic rings. The molecule has 0 saturated carbocycles. The van der Waals surface area contributed by atoms with Crippen molar-refractivity contribution in [2.24, 2.45) is 0 Å². The predicted octanol–water partition coefficient (Wildman–Crippen LogP) is 3.77. The van der Waals surface area contributed by atoms with Gasteiger partial charge in [-0.15, -0.1) is 0 Å². The molecule has 1 aliphatic heterocycles. The van der Waals surface area contributed by atoms with Gasteiger partial charge in [-0.05, 0) is 57.0 Å². The van der Waals surface area contributed by atoms with Gasteiger partial charge >= 0.3 is 0 Å². The van der Waals surface area contributed by atoms with Crippen molar-refractivity contribution in [3.8, 4) is 0 Å². The van der Waals surface area contributed by atoms with Crippen LogP contribution in [0.5, 0.6) is 0 Å². The van der Waals surface area contributed by atoms with Crippen molar-refractivity contribution in [1.29, 1.82) is 0 Å². The van der Waals surface area contributed by atoms with Gasteiger partial charge in [0.2, 0.25) is 0 Å². The molecule has 5 heteroatoms. The molecule has 0 amide bonds. The number of rotatable bonds is 7. The Kier molecular flexibility index (Phi) is 8.13. The van der Waals surface area contributed by atoms with Crippen molar-refractivity contribution >= 4 is 23.0 Å². The van der Waals surface area contributed by atoms with Crippen molar-refractivity contribution in [3.63, 3.8) is 0 Å². The highest BCUT2D eigenvalue weighted by Gasteiger charge is 2.27. The number of hydrogen-bond acceptors (Lipinski definition) is 3. The largest absolute Gasteiger partial charge is 0.383 e. The van der Waals surface area contributed by atoms with Gasteiger partial charge in [0.05, 0.1) is 6.61 Å². The van der Waals surface area contributed by atoms with E-state index < -0.39 is 0 Å². The lowest BCUT2D eigenvalue weighted by atomic mass is 10.0. The fourth-order valence-electron chi connectivity index (χ4n) is 3.49. The van der Waals surface area contributed by atoms with Crippen LogP contribution in [0.4, 0.5) is 5.69 Å². The van der Waals surface area contributed by atoms with Crippen molar-refractivity contribution in [1.82, 2.24) is 9.80 Å². The van der Waals surface area contributed by atoms with Crippen molar-refractivity contribution in [2.45, 2.75) is 52.1 Å². The van der Waals surface area contributed by atoms with Crippen LogP contribution in [0.25, 0.3) is 0 Å². The van der Waals surface area contributed by atoms with Gasteiger partial charge in [0.1, 0.15) is 0 Å². The standard InChI is InChI=1S/C20H33N3OS/c1-5-17-8-6-7-9-19(17)21-20(25)23(14-15-24-4)18-10-12-22(13-11-18)16(2)3/h6-9,16,18H,5,10-15H2,1-4H3,(H,21,25). The maximum absolute atomic E-state index is 5.79. The molecule has 1 aromatic rings. The molecule has 140 valence electrons. The van der Waals surface area contributed by atoms with E-state index in [4.69, 9.17) is 17.0 Å². The fraction of sp³-hybridized carbons (Fsp3) is 0.650. The molecular formula is C20H33N3OS. The Labute approximate surface area is 158 Å². The Bertz CT molecular complexity index is 541. The van der Waals surface area contributed by atoms with Gasteiger partial charge in [-0.3, -0.25) is 0 Å². The van der Waals surface area contributed by atoms with Crippen LogP contribution in [0.2, 0.25) is 0 Å². The summed E-state index contributed by atoms with van der Waals surface area (Å²) in [6.45, 7) is 10.5. The number of nitrogens with one attached hydrogen (secondary N) is 1. The fourth-order valence-corrected chi connectivity index (χ4v) is 3.84. The topological polar surface area (TPSA) is 27.7 Å². The highest BCUT2D eigenvalue weighted by molar-refractivity contribution is 7.80. The van der Waals surface area contributed by atoms with Crippen LogP contribution in [0, 0.1) is 0 Å². The average Bonchev–Trinajstić information content (AvgIpc) is 2.63. The van der Waals surface area contributed by atoms with E-state index in [9.17, 15) is 0 Å². The first-order valence-corrected chi connectivity index (χ1v) is 9.86. The molecule has 4 nitrogen and oxygen atoms in total. The van der Waals surface area contributed by atoms with Crippen molar-refractivity contribution < 1.29 is 4.74 Å². The number of ether oxygens (including phenoxy) is 1. The third-order valence-electron chi connectivity index (χ3n) is 5.11. The summed E-state index contributed by atoms with van der Waals surface area (Å²) >= 11 is 5.79. The van der Waals surface area contributed by atoms with E-state index in [0.29, 0.717) is 18.7 Å². The van der Waals surface area contributed by atoms with Gasteiger partial charge in [0.25, 0.3) is 0 Å². The van der Waals surface area contributed by atoms with Crippen LogP contribution in [-0.4, -0.2) is 60.3 Å². The number of aryl methyl sites for hydroxylation is 1. The number of methoxy groups -OCH3 is 1. The number of anilines is 1. The quantitative estimate of drug-likeness (QED) is 0.745. The monoisotopic (exact) mass is 363 g/mol. The van der Waals surface area contributed by atoms with Gasteiger partial charge < -0.3 is 19.9 Å². The molecule has 1 saturated heterocycles. The van der Waals surface area contributed by atoms with E-state index >= 15 is 0 Å². The summed E-state index contributed by atoms with van der Waals surface area (Å²) in [5.41, 5.74) is 2.42. The summed E-state index contributed by atoms with van der Waals surface area (Å²) in [6.07, 6.45) is 3.30. The van der Waals surface area contributed by atoms with Gasteiger partial charge in [0.15, 0.2) is 5.11 Å². The van der Waals surface area contributed by atoms with E-state index in [1.807, 2.05) is 0 Å². The third-order valence-corrected chi connectivity index (χ3v) is 5.44. The van der Waals surface area contributed by atoms with E-state index in [1.54, 1.807) is 7.11 Å². The van der Waals surface area contributed by atoms with Crippen LogP contribution < -0.4 is 5.32 Å². The lowest BCUT2D eigenvalue weighted by Gasteiger charge is -2.41. The molecule has 1 N–H and O–H groups in total. The molecule has 1 fully saturated rings. The highest BCUT2D eigenvalue weighted by Crippen LogP contribution is 2.21. The molecule has 1 heterocycles. The zero-order valence-electron chi connectivity index (χ0n) is 16.1. The van der Waals surface area contributed by atoms with Gasteiger partial charge in [0, 0.05) is 44.5 Å². The Morgan fingerprint density at radius 3 is 2.60 bits per heavy atom.